The SMILES string of the molecule is C.C.Cc1ccc2c3c1O[C@H]1[C@@]4(O)C=C[C@@]5(C[C@@H]4[C@](C)(O)Cc4ccccc4)[C@@H](C2)N(C)CC[C@]315.Cc1ccc2c3c1O[C@H]1[C@@]45C=C[C@@]6(C[C@@H]4[C@@](C)(Cc4ccccc4)OCO5)[C@@H](C2)N(C)CC[C@]316. The van der Waals surface area contributed by atoms with E-state index >= 15 is 0 Å². The molecule has 17 rings (SSSR count). The third kappa shape index (κ3) is 5.31. The summed E-state index contributed by atoms with van der Waals surface area (Å²) >= 11 is 0. The van der Waals surface area contributed by atoms with E-state index in [1.165, 1.54) is 33.4 Å². The zero-order valence-electron chi connectivity index (χ0n) is 40.1. The summed E-state index contributed by atoms with van der Waals surface area (Å²) in [6, 6.07) is 30.9. The van der Waals surface area contributed by atoms with Gasteiger partial charge in [-0.15, -0.1) is 0 Å². The summed E-state index contributed by atoms with van der Waals surface area (Å²) in [5.41, 5.74) is 7.25. The number of aryl methyl sites for hydroxylation is 2. The van der Waals surface area contributed by atoms with Gasteiger partial charge in [0.05, 0.1) is 22.0 Å². The molecule has 8 bridgehead atoms. The quantitative estimate of drug-likeness (QED) is 0.192. The van der Waals surface area contributed by atoms with Crippen LogP contribution in [0.4, 0.5) is 0 Å². The van der Waals surface area contributed by atoms with E-state index in [9.17, 15) is 10.2 Å². The highest BCUT2D eigenvalue weighted by Gasteiger charge is 2.82. The fourth-order valence-electron chi connectivity index (χ4n) is 18.1. The average molecular weight is 931 g/mol. The Morgan fingerprint density at radius 2 is 1.20 bits per heavy atom. The molecule has 4 aromatic rings. The molecule has 14 atom stereocenters. The van der Waals surface area contributed by atoms with Gasteiger partial charge < -0.3 is 39.0 Å². The molecule has 0 radical (unpaired) electrons. The van der Waals surface area contributed by atoms with Gasteiger partial charge in [-0.1, -0.05) is 124 Å². The van der Waals surface area contributed by atoms with Crippen LogP contribution >= 0.6 is 0 Å². The number of rotatable bonds is 5. The van der Waals surface area contributed by atoms with Crippen LogP contribution in [0.5, 0.6) is 11.5 Å². The molecular formula is C61H74N2O6. The Hall–Kier alpha value is -4.28. The fraction of sp³-hybridized carbons (Fsp3) is 0.541. The van der Waals surface area contributed by atoms with Crippen LogP contribution in [0.25, 0.3) is 0 Å². The summed E-state index contributed by atoms with van der Waals surface area (Å²) in [6.45, 7) is 11.0. The third-order valence-corrected chi connectivity index (χ3v) is 20.9. The summed E-state index contributed by atoms with van der Waals surface area (Å²) < 4.78 is 27.3. The summed E-state index contributed by atoms with van der Waals surface area (Å²) in [7, 11) is 4.58. The molecule has 8 heteroatoms. The monoisotopic (exact) mass is 931 g/mol. The van der Waals surface area contributed by atoms with Crippen LogP contribution < -0.4 is 9.47 Å². The first-order valence-electron chi connectivity index (χ1n) is 25.4. The number of hydrogen-bond acceptors (Lipinski definition) is 8. The van der Waals surface area contributed by atoms with Crippen molar-refractivity contribution in [1.82, 2.24) is 9.80 Å². The molecule has 0 amide bonds. The van der Waals surface area contributed by atoms with E-state index in [4.69, 9.17) is 18.9 Å². The van der Waals surface area contributed by atoms with Crippen LogP contribution in [0.3, 0.4) is 0 Å². The number of fused-ring (bicyclic) bond motifs is 1. The summed E-state index contributed by atoms with van der Waals surface area (Å²) in [5.74, 6) is 2.08. The van der Waals surface area contributed by atoms with Crippen molar-refractivity contribution in [3.63, 3.8) is 0 Å². The van der Waals surface area contributed by atoms with E-state index in [0.29, 0.717) is 25.3 Å². The van der Waals surface area contributed by atoms with E-state index in [1.54, 1.807) is 0 Å². The lowest BCUT2D eigenvalue weighted by atomic mass is 9.36. The highest BCUT2D eigenvalue weighted by molar-refractivity contribution is 5.65. The van der Waals surface area contributed by atoms with Gasteiger partial charge in [0.1, 0.15) is 41.7 Å². The number of ether oxygens (including phenoxy) is 4. The molecule has 5 spiro atoms. The van der Waals surface area contributed by atoms with Gasteiger partial charge in [0.15, 0.2) is 0 Å². The number of hydrogen-bond donors (Lipinski definition) is 2. The van der Waals surface area contributed by atoms with Crippen LogP contribution in [0.2, 0.25) is 0 Å². The van der Waals surface area contributed by atoms with Crippen LogP contribution in [-0.2, 0) is 46.0 Å². The zero-order chi connectivity index (χ0) is 45.7. The normalized spacial score (nSPS) is 42.0. The second kappa shape index (κ2) is 14.7. The second-order valence-electron chi connectivity index (χ2n) is 23.7. The maximum atomic E-state index is 12.4. The molecule has 69 heavy (non-hydrogen) atoms. The van der Waals surface area contributed by atoms with Crippen molar-refractivity contribution >= 4 is 0 Å². The van der Waals surface area contributed by atoms with Crippen molar-refractivity contribution in [1.29, 1.82) is 0 Å². The third-order valence-electron chi connectivity index (χ3n) is 20.9. The Morgan fingerprint density at radius 1 is 0.667 bits per heavy atom. The van der Waals surface area contributed by atoms with Crippen molar-refractivity contribution < 1.29 is 29.2 Å². The Kier molecular flexibility index (Phi) is 9.74. The summed E-state index contributed by atoms with van der Waals surface area (Å²) in [5, 5.41) is 24.4. The highest BCUT2D eigenvalue weighted by Crippen LogP contribution is 2.77. The van der Waals surface area contributed by atoms with E-state index in [2.05, 4.69) is 130 Å². The lowest BCUT2D eigenvalue weighted by molar-refractivity contribution is -0.337. The molecule has 13 aliphatic rings. The van der Waals surface area contributed by atoms with Gasteiger partial charge in [0.2, 0.25) is 0 Å². The minimum Gasteiger partial charge on any atom is -0.485 e. The van der Waals surface area contributed by atoms with E-state index in [0.717, 1.165) is 80.7 Å². The van der Waals surface area contributed by atoms with Gasteiger partial charge >= 0.3 is 0 Å². The van der Waals surface area contributed by atoms with Crippen molar-refractivity contribution in [3.8, 4) is 11.5 Å². The average Bonchev–Trinajstić information content (AvgIpc) is 3.89. The van der Waals surface area contributed by atoms with Crippen molar-refractivity contribution in [2.75, 3.05) is 34.0 Å². The number of piperidine rings is 2. The number of likely N-dealkylation sites (N-methyl/N-ethyl adjacent to an activating group) is 2. The summed E-state index contributed by atoms with van der Waals surface area (Å²) in [4.78, 5) is 5.15. The zero-order valence-corrected chi connectivity index (χ0v) is 40.1. The molecule has 5 fully saturated rings. The van der Waals surface area contributed by atoms with Crippen molar-refractivity contribution in [2.45, 2.75) is 151 Å². The van der Waals surface area contributed by atoms with Crippen LogP contribution in [-0.4, -0.2) is 101 Å². The Bertz CT molecular complexity index is 2810. The van der Waals surface area contributed by atoms with Crippen molar-refractivity contribution in [3.05, 3.63) is 154 Å². The van der Waals surface area contributed by atoms with Gasteiger partial charge in [0.25, 0.3) is 0 Å². The molecule has 0 aromatic heterocycles. The standard InChI is InChI=1S/C30H33NO3.C29H33NO3.2CH4/c1-19-9-10-21-15-23-28-11-12-30(26-29(28,13-14-31(23)3)24(21)25(19)34-26)22(17-28)27(2,32-18-33-30)16-20-7-5-4-6-8-20;1-18-9-10-20-15-22-27-11-12-29(32,21(17-27)26(2,31)16-19-7-5-4-6-8-19)25-28(27,13-14-30(22)3)23(20)24(18)33-25;;/h4-12,22-23,26H,13-18H2,1-3H3;4-12,21-22,25,31-32H,13-17H2,1-3H3;2*1H4/t22-,23-,26-,27-,28-,29+,30-;21-,22-,25-,26-,27-,28+,29-;;/m11../s1. The van der Waals surface area contributed by atoms with Crippen molar-refractivity contribution in [2.24, 2.45) is 22.7 Å². The smallest absolute Gasteiger partial charge is 0.148 e. The molecule has 2 N–H and O–H groups in total. The van der Waals surface area contributed by atoms with Gasteiger partial charge in [-0.2, -0.15) is 0 Å². The first-order valence-corrected chi connectivity index (χ1v) is 25.4. The van der Waals surface area contributed by atoms with Crippen LogP contribution in [0, 0.1) is 36.5 Å². The number of likely N-dealkylation sites (tertiary alicyclic amines) is 2. The van der Waals surface area contributed by atoms with Gasteiger partial charge in [-0.05, 0) is 127 Å². The number of aliphatic hydroxyl groups is 2. The topological polar surface area (TPSA) is 83.9 Å². The number of benzene rings is 4. The maximum Gasteiger partial charge on any atom is 0.148 e. The molecule has 8 aliphatic carbocycles. The van der Waals surface area contributed by atoms with Crippen LogP contribution in [0.1, 0.15) is 98.9 Å². The largest absolute Gasteiger partial charge is 0.485 e. The molecule has 2 saturated carbocycles. The molecule has 5 heterocycles. The molecule has 4 aromatic carbocycles. The first kappa shape index (κ1) is 45.8. The molecule has 3 saturated heterocycles. The van der Waals surface area contributed by atoms with Crippen LogP contribution in [0.15, 0.2) is 109 Å². The van der Waals surface area contributed by atoms with E-state index < -0.39 is 16.8 Å². The lowest BCUT2D eigenvalue weighted by Gasteiger charge is -2.73. The van der Waals surface area contributed by atoms with Gasteiger partial charge in [-0.25, -0.2) is 0 Å². The van der Waals surface area contributed by atoms with Gasteiger partial charge in [-0.3, -0.25) is 0 Å². The fourth-order valence-corrected chi connectivity index (χ4v) is 18.1. The Morgan fingerprint density at radius 3 is 1.81 bits per heavy atom. The summed E-state index contributed by atoms with van der Waals surface area (Å²) in [6.07, 6.45) is 16.5. The predicted octanol–water partition coefficient (Wildman–Crippen LogP) is 9.40. The minimum atomic E-state index is -1.21. The predicted molar refractivity (Wildman–Crippen MR) is 271 cm³/mol. The lowest BCUT2D eigenvalue weighted by Crippen LogP contribution is -2.82. The molecular weight excluding hydrogens is 857 g/mol. The second-order valence-corrected chi connectivity index (χ2v) is 23.7. The first-order chi connectivity index (χ1) is 32.2. The van der Waals surface area contributed by atoms with Gasteiger partial charge in [0, 0.05) is 58.7 Å². The molecule has 5 aliphatic heterocycles. The van der Waals surface area contributed by atoms with E-state index in [-0.39, 0.29) is 66.2 Å². The maximum absolute atomic E-state index is 12.4. The molecule has 8 nitrogen and oxygen atoms in total. The van der Waals surface area contributed by atoms with E-state index in [1.807, 2.05) is 31.2 Å². The number of nitrogens with zero attached hydrogens (tertiary/aromatic N) is 2. The minimum absolute atomic E-state index is 0. The Balaban J connectivity index is 0.000000139. The Labute approximate surface area is 410 Å². The molecule has 0 unspecified atom stereocenters. The molecule has 364 valence electrons. The highest BCUT2D eigenvalue weighted by atomic mass is 16.7.